The van der Waals surface area contributed by atoms with Crippen molar-refractivity contribution < 1.29 is 0 Å². The van der Waals surface area contributed by atoms with Gasteiger partial charge in [0.1, 0.15) is 0 Å². The first-order chi connectivity index (χ1) is 9.29. The molecule has 4 heteroatoms. The van der Waals surface area contributed by atoms with Gasteiger partial charge in [-0.1, -0.05) is 37.3 Å². The van der Waals surface area contributed by atoms with Crippen molar-refractivity contribution in [3.05, 3.63) is 35.9 Å². The molecule has 0 saturated heterocycles. The van der Waals surface area contributed by atoms with Gasteiger partial charge in [-0.25, -0.2) is 0 Å². The van der Waals surface area contributed by atoms with Gasteiger partial charge in [-0.15, -0.1) is 24.0 Å². The van der Waals surface area contributed by atoms with E-state index in [2.05, 4.69) is 59.8 Å². The van der Waals surface area contributed by atoms with Gasteiger partial charge >= 0.3 is 0 Å². The lowest BCUT2D eigenvalue weighted by Gasteiger charge is -2.13. The Morgan fingerprint density at radius 3 is 2.55 bits per heavy atom. The van der Waals surface area contributed by atoms with E-state index in [4.69, 9.17) is 0 Å². The predicted octanol–water partition coefficient (Wildman–Crippen LogP) is 3.37. The van der Waals surface area contributed by atoms with Gasteiger partial charge in [-0.2, -0.15) is 0 Å². The van der Waals surface area contributed by atoms with E-state index in [-0.39, 0.29) is 24.0 Å². The van der Waals surface area contributed by atoms with E-state index in [0.717, 1.165) is 31.5 Å². The number of halogens is 1. The van der Waals surface area contributed by atoms with Crippen LogP contribution in [-0.4, -0.2) is 25.6 Å². The molecular formula is C16H26IN3. The molecule has 1 aliphatic carbocycles. The normalized spacial score (nSPS) is 16.2. The van der Waals surface area contributed by atoms with Gasteiger partial charge in [0.05, 0.1) is 0 Å². The summed E-state index contributed by atoms with van der Waals surface area (Å²) in [6, 6.07) is 10.6. The maximum Gasteiger partial charge on any atom is 0.191 e. The molecule has 0 aliphatic heterocycles. The van der Waals surface area contributed by atoms with E-state index < -0.39 is 0 Å². The van der Waals surface area contributed by atoms with Crippen molar-refractivity contribution in [2.45, 2.75) is 32.6 Å². The third-order valence-electron chi connectivity index (χ3n) is 3.49. The van der Waals surface area contributed by atoms with E-state index in [0.29, 0.717) is 5.92 Å². The van der Waals surface area contributed by atoms with E-state index in [1.54, 1.807) is 0 Å². The fourth-order valence-corrected chi connectivity index (χ4v) is 2.02. The molecule has 1 unspecified atom stereocenters. The minimum atomic E-state index is 0. The van der Waals surface area contributed by atoms with Gasteiger partial charge in [0.15, 0.2) is 5.96 Å². The van der Waals surface area contributed by atoms with Crippen LogP contribution in [0.2, 0.25) is 0 Å². The number of hydrogen-bond donors (Lipinski definition) is 2. The monoisotopic (exact) mass is 387 g/mol. The second-order valence-corrected chi connectivity index (χ2v) is 5.36. The lowest BCUT2D eigenvalue weighted by Crippen LogP contribution is -2.38. The highest BCUT2D eigenvalue weighted by atomic mass is 127. The van der Waals surface area contributed by atoms with Crippen molar-refractivity contribution >= 4 is 29.9 Å². The van der Waals surface area contributed by atoms with E-state index >= 15 is 0 Å². The molecule has 3 nitrogen and oxygen atoms in total. The maximum atomic E-state index is 4.68. The van der Waals surface area contributed by atoms with Crippen molar-refractivity contribution in [3.8, 4) is 0 Å². The maximum absolute atomic E-state index is 4.68. The van der Waals surface area contributed by atoms with Gasteiger partial charge in [0.25, 0.3) is 0 Å². The summed E-state index contributed by atoms with van der Waals surface area (Å²) in [6.45, 7) is 7.13. The number of nitrogens with one attached hydrogen (secondary N) is 2. The Balaban J connectivity index is 0.00000200. The molecule has 2 rings (SSSR count). The molecular weight excluding hydrogens is 361 g/mol. The first kappa shape index (κ1) is 17.3. The van der Waals surface area contributed by atoms with E-state index in [1.165, 1.54) is 18.4 Å². The summed E-state index contributed by atoms with van der Waals surface area (Å²) in [4.78, 5) is 4.68. The zero-order chi connectivity index (χ0) is 13.5. The van der Waals surface area contributed by atoms with Gasteiger partial charge in [0.2, 0.25) is 0 Å². The molecule has 112 valence electrons. The first-order valence-electron chi connectivity index (χ1n) is 7.36. The van der Waals surface area contributed by atoms with Crippen LogP contribution in [0, 0.1) is 5.92 Å². The number of nitrogens with zero attached hydrogens (tertiary/aromatic N) is 1. The summed E-state index contributed by atoms with van der Waals surface area (Å²) in [5.74, 6) is 2.28. The Bertz CT molecular complexity index is 401. The molecule has 0 heterocycles. The topological polar surface area (TPSA) is 36.4 Å². The van der Waals surface area contributed by atoms with Crippen molar-refractivity contribution in [3.63, 3.8) is 0 Å². The summed E-state index contributed by atoms with van der Waals surface area (Å²) < 4.78 is 0. The summed E-state index contributed by atoms with van der Waals surface area (Å²) in [7, 11) is 0. The highest BCUT2D eigenvalue weighted by Gasteiger charge is 2.21. The van der Waals surface area contributed by atoms with Crippen LogP contribution < -0.4 is 10.6 Å². The van der Waals surface area contributed by atoms with Gasteiger partial charge < -0.3 is 10.6 Å². The van der Waals surface area contributed by atoms with Crippen molar-refractivity contribution in [2.24, 2.45) is 10.9 Å². The zero-order valence-corrected chi connectivity index (χ0v) is 14.8. The molecule has 1 saturated carbocycles. The molecule has 1 atom stereocenters. The van der Waals surface area contributed by atoms with E-state index in [9.17, 15) is 0 Å². The lowest BCUT2D eigenvalue weighted by molar-refractivity contribution is 0.720. The molecule has 2 N–H and O–H groups in total. The molecule has 1 aliphatic rings. The Morgan fingerprint density at radius 1 is 1.25 bits per heavy atom. The molecule has 1 aromatic rings. The number of benzene rings is 1. The molecule has 0 amide bonds. The first-order valence-corrected chi connectivity index (χ1v) is 7.36. The van der Waals surface area contributed by atoms with Crippen molar-refractivity contribution in [2.75, 3.05) is 19.6 Å². The SMILES string of the molecule is CCNC(=NCC(C)c1ccccc1)NCC1CC1.I. The number of hydrogen-bond acceptors (Lipinski definition) is 1. The number of aliphatic imine (C=N–C) groups is 1. The second kappa shape index (κ2) is 9.21. The highest BCUT2D eigenvalue weighted by molar-refractivity contribution is 14.0. The van der Waals surface area contributed by atoms with E-state index in [1.807, 2.05) is 0 Å². The molecule has 0 radical (unpaired) electrons. The van der Waals surface area contributed by atoms with Crippen LogP contribution in [0.3, 0.4) is 0 Å². The van der Waals surface area contributed by atoms with Crippen molar-refractivity contribution in [1.82, 2.24) is 10.6 Å². The summed E-state index contributed by atoms with van der Waals surface area (Å²) in [6.07, 6.45) is 2.74. The minimum Gasteiger partial charge on any atom is -0.357 e. The van der Waals surface area contributed by atoms with Crippen molar-refractivity contribution in [1.29, 1.82) is 0 Å². The Morgan fingerprint density at radius 2 is 1.95 bits per heavy atom. The van der Waals surface area contributed by atoms with Crippen LogP contribution in [0.15, 0.2) is 35.3 Å². The Kier molecular flexibility index (Phi) is 7.95. The average Bonchev–Trinajstić information content (AvgIpc) is 3.26. The largest absolute Gasteiger partial charge is 0.357 e. The predicted molar refractivity (Wildman–Crippen MR) is 97.0 cm³/mol. The van der Waals surface area contributed by atoms with Crippen LogP contribution in [0.4, 0.5) is 0 Å². The number of guanidine groups is 1. The van der Waals surface area contributed by atoms with Gasteiger partial charge in [0, 0.05) is 25.6 Å². The third kappa shape index (κ3) is 6.11. The summed E-state index contributed by atoms with van der Waals surface area (Å²) >= 11 is 0. The average molecular weight is 387 g/mol. The zero-order valence-electron chi connectivity index (χ0n) is 12.4. The second-order valence-electron chi connectivity index (χ2n) is 5.36. The fraction of sp³-hybridized carbons (Fsp3) is 0.562. The van der Waals surface area contributed by atoms with Gasteiger partial charge in [-0.05, 0) is 31.2 Å². The lowest BCUT2D eigenvalue weighted by atomic mass is 10.0. The molecule has 1 fully saturated rings. The smallest absolute Gasteiger partial charge is 0.191 e. The molecule has 0 bridgehead atoms. The summed E-state index contributed by atoms with van der Waals surface area (Å²) in [5.41, 5.74) is 1.35. The standard InChI is InChI=1S/C16H25N3.HI/c1-3-17-16(19-12-14-9-10-14)18-11-13(2)15-7-5-4-6-8-15;/h4-8,13-14H,3,9-12H2,1-2H3,(H2,17,18,19);1H. The molecule has 0 aromatic heterocycles. The van der Waals surface area contributed by atoms with Crippen LogP contribution in [0.5, 0.6) is 0 Å². The van der Waals surface area contributed by atoms with Crippen LogP contribution >= 0.6 is 24.0 Å². The van der Waals surface area contributed by atoms with Crippen LogP contribution in [-0.2, 0) is 0 Å². The quantitative estimate of drug-likeness (QED) is 0.446. The Labute approximate surface area is 139 Å². The molecule has 1 aromatic carbocycles. The van der Waals surface area contributed by atoms with Gasteiger partial charge in [-0.3, -0.25) is 4.99 Å². The third-order valence-corrected chi connectivity index (χ3v) is 3.49. The minimum absolute atomic E-state index is 0. The summed E-state index contributed by atoms with van der Waals surface area (Å²) in [5, 5.41) is 6.74. The van der Waals surface area contributed by atoms with Crippen LogP contribution in [0.1, 0.15) is 38.2 Å². The molecule has 20 heavy (non-hydrogen) atoms. The number of rotatable bonds is 6. The fourth-order valence-electron chi connectivity index (χ4n) is 2.02. The highest BCUT2D eigenvalue weighted by Crippen LogP contribution is 2.27. The van der Waals surface area contributed by atoms with Crippen LogP contribution in [0.25, 0.3) is 0 Å². The molecule has 0 spiro atoms. The Hall–Kier alpha value is -0.780.